The zero-order chi connectivity index (χ0) is 23.1. The van der Waals surface area contributed by atoms with Crippen LogP contribution in [0.4, 0.5) is 5.69 Å². The first kappa shape index (κ1) is 20.8. The number of anilines is 1. The van der Waals surface area contributed by atoms with Crippen LogP contribution >= 0.6 is 0 Å². The molecule has 0 spiro atoms. The van der Waals surface area contributed by atoms with Crippen LogP contribution in [0.2, 0.25) is 0 Å². The summed E-state index contributed by atoms with van der Waals surface area (Å²) in [5.74, 6) is 1.12. The molecule has 1 aliphatic carbocycles. The highest BCUT2D eigenvalue weighted by Crippen LogP contribution is 2.41. The molecule has 172 valence electrons. The Morgan fingerprint density at radius 3 is 2.47 bits per heavy atom. The Bertz CT molecular complexity index is 1330. The number of hydrogen-bond acceptors (Lipinski definition) is 4. The molecule has 34 heavy (non-hydrogen) atoms. The van der Waals surface area contributed by atoms with Crippen LogP contribution in [-0.4, -0.2) is 28.4 Å². The Labute approximate surface area is 199 Å². The van der Waals surface area contributed by atoms with Gasteiger partial charge in [-0.05, 0) is 66.8 Å². The highest BCUT2D eigenvalue weighted by molar-refractivity contribution is 5.95. The topological polar surface area (TPSA) is 58.9 Å². The summed E-state index contributed by atoms with van der Waals surface area (Å²) < 4.78 is 7.82. The lowest BCUT2D eigenvalue weighted by Gasteiger charge is -2.18. The largest absolute Gasteiger partial charge is 0.492 e. The van der Waals surface area contributed by atoms with E-state index in [2.05, 4.69) is 46.6 Å². The molecule has 0 unspecified atom stereocenters. The third-order valence-electron chi connectivity index (χ3n) is 6.67. The molecule has 4 aromatic rings. The minimum Gasteiger partial charge on any atom is -0.492 e. The van der Waals surface area contributed by atoms with Crippen LogP contribution in [0.3, 0.4) is 0 Å². The fourth-order valence-electron chi connectivity index (χ4n) is 4.72. The molecule has 1 amide bonds. The van der Waals surface area contributed by atoms with E-state index in [-0.39, 0.29) is 5.91 Å². The molecule has 6 nitrogen and oxygen atoms in total. The molecular weight excluding hydrogens is 424 g/mol. The molecule has 1 fully saturated rings. The van der Waals surface area contributed by atoms with Gasteiger partial charge in [-0.15, -0.1) is 0 Å². The fraction of sp³-hybridized carbons (Fsp3) is 0.286. The summed E-state index contributed by atoms with van der Waals surface area (Å²) in [6.07, 6.45) is 4.19. The van der Waals surface area contributed by atoms with Gasteiger partial charge in [0.25, 0.3) is 5.91 Å². The maximum absolute atomic E-state index is 13.0. The molecular formula is C28H28N4O2. The lowest BCUT2D eigenvalue weighted by Crippen LogP contribution is -2.29. The van der Waals surface area contributed by atoms with Gasteiger partial charge in [0.2, 0.25) is 0 Å². The van der Waals surface area contributed by atoms with Gasteiger partial charge in [0.05, 0.1) is 12.2 Å². The van der Waals surface area contributed by atoms with Gasteiger partial charge in [-0.3, -0.25) is 9.20 Å². The number of benzene rings is 2. The molecule has 2 aliphatic rings. The molecule has 2 aromatic carbocycles. The van der Waals surface area contributed by atoms with Gasteiger partial charge in [0, 0.05) is 30.9 Å². The lowest BCUT2D eigenvalue weighted by atomic mass is 10.1. The van der Waals surface area contributed by atoms with Crippen LogP contribution in [-0.2, 0) is 13.1 Å². The van der Waals surface area contributed by atoms with Crippen molar-refractivity contribution in [1.82, 2.24) is 14.7 Å². The van der Waals surface area contributed by atoms with Crippen molar-refractivity contribution in [2.75, 3.05) is 18.1 Å². The van der Waals surface area contributed by atoms with Crippen molar-refractivity contribution < 1.29 is 9.53 Å². The van der Waals surface area contributed by atoms with Crippen molar-refractivity contribution in [2.45, 2.75) is 38.8 Å². The van der Waals surface area contributed by atoms with Crippen LogP contribution < -0.4 is 15.0 Å². The maximum Gasteiger partial charge on any atom is 0.270 e. The Morgan fingerprint density at radius 1 is 1.03 bits per heavy atom. The molecule has 0 atom stereocenters. The first-order valence-corrected chi connectivity index (χ1v) is 12.0. The van der Waals surface area contributed by atoms with Crippen molar-refractivity contribution in [3.05, 3.63) is 94.9 Å². The standard InChI is InChI=1S/C28H28N4O2/c1-19-6-13-25-30-26(20-7-8-20)27(32(25)16-19)28(33)29-14-15-34-24-11-9-23(10-12-24)31-17-21-4-2-3-5-22(21)18-31/h2-6,9-13,16,20H,7-8,14-15,17-18H2,1H3,(H,29,33). The zero-order valence-electron chi connectivity index (χ0n) is 19.3. The van der Waals surface area contributed by atoms with Crippen LogP contribution in [0.5, 0.6) is 5.75 Å². The van der Waals surface area contributed by atoms with E-state index in [1.54, 1.807) is 0 Å². The average molecular weight is 453 g/mol. The minimum absolute atomic E-state index is 0.0902. The van der Waals surface area contributed by atoms with Gasteiger partial charge in [-0.1, -0.05) is 30.3 Å². The van der Waals surface area contributed by atoms with E-state index >= 15 is 0 Å². The summed E-state index contributed by atoms with van der Waals surface area (Å²) in [7, 11) is 0. The van der Waals surface area contributed by atoms with E-state index in [0.717, 1.165) is 48.6 Å². The third-order valence-corrected chi connectivity index (χ3v) is 6.67. The normalized spacial score (nSPS) is 14.9. The van der Waals surface area contributed by atoms with Crippen molar-refractivity contribution in [2.24, 2.45) is 0 Å². The number of ether oxygens (including phenoxy) is 1. The average Bonchev–Trinajstić information content (AvgIpc) is 3.49. The van der Waals surface area contributed by atoms with E-state index in [0.29, 0.717) is 24.8 Å². The number of amides is 1. The van der Waals surface area contributed by atoms with Gasteiger partial charge in [0.15, 0.2) is 0 Å². The molecule has 6 rings (SSSR count). The minimum atomic E-state index is -0.0902. The predicted octanol–water partition coefficient (Wildman–Crippen LogP) is 4.85. The van der Waals surface area contributed by atoms with Crippen molar-refractivity contribution >= 4 is 17.2 Å². The summed E-state index contributed by atoms with van der Waals surface area (Å²) >= 11 is 0. The highest BCUT2D eigenvalue weighted by Gasteiger charge is 2.32. The molecule has 0 saturated heterocycles. The first-order valence-electron chi connectivity index (χ1n) is 12.0. The number of hydrogen-bond donors (Lipinski definition) is 1. The van der Waals surface area contributed by atoms with Crippen LogP contribution in [0.15, 0.2) is 66.9 Å². The predicted molar refractivity (Wildman–Crippen MR) is 133 cm³/mol. The van der Waals surface area contributed by atoms with Gasteiger partial charge >= 0.3 is 0 Å². The molecule has 0 radical (unpaired) electrons. The quantitative estimate of drug-likeness (QED) is 0.407. The van der Waals surface area contributed by atoms with Gasteiger partial charge in [0.1, 0.15) is 23.7 Å². The molecule has 1 N–H and O–H groups in total. The molecule has 1 saturated carbocycles. The van der Waals surface area contributed by atoms with E-state index in [4.69, 9.17) is 9.72 Å². The van der Waals surface area contributed by atoms with Crippen LogP contribution in [0, 0.1) is 6.92 Å². The SMILES string of the molecule is Cc1ccc2nc(C3CC3)c(C(=O)NCCOc3ccc(N4Cc5ccccc5C4)cc3)n2c1. The number of carbonyl (C=O) groups is 1. The first-order chi connectivity index (χ1) is 16.7. The van der Waals surface area contributed by atoms with Crippen molar-refractivity contribution in [3.63, 3.8) is 0 Å². The Kier molecular flexibility index (Phi) is 5.21. The Morgan fingerprint density at radius 2 is 1.76 bits per heavy atom. The van der Waals surface area contributed by atoms with Crippen LogP contribution in [0.25, 0.3) is 5.65 Å². The lowest BCUT2D eigenvalue weighted by molar-refractivity contribution is 0.0940. The number of aromatic nitrogens is 2. The molecule has 1 aliphatic heterocycles. The van der Waals surface area contributed by atoms with Gasteiger partial charge in [-0.2, -0.15) is 0 Å². The summed E-state index contributed by atoms with van der Waals surface area (Å²) in [4.78, 5) is 20.1. The summed E-state index contributed by atoms with van der Waals surface area (Å²) in [6, 6.07) is 20.8. The summed E-state index contributed by atoms with van der Waals surface area (Å²) in [5.41, 5.74) is 7.49. The smallest absolute Gasteiger partial charge is 0.270 e. The number of rotatable bonds is 7. The number of imidazole rings is 1. The third kappa shape index (κ3) is 4.00. The second-order valence-electron chi connectivity index (χ2n) is 9.28. The number of nitrogens with zero attached hydrogens (tertiary/aromatic N) is 3. The molecule has 3 heterocycles. The highest BCUT2D eigenvalue weighted by atomic mass is 16.5. The van der Waals surface area contributed by atoms with Gasteiger partial charge in [-0.25, -0.2) is 4.98 Å². The number of nitrogens with one attached hydrogen (secondary N) is 1. The monoisotopic (exact) mass is 452 g/mol. The zero-order valence-corrected chi connectivity index (χ0v) is 19.3. The molecule has 0 bridgehead atoms. The van der Waals surface area contributed by atoms with Crippen molar-refractivity contribution in [3.8, 4) is 5.75 Å². The number of fused-ring (bicyclic) bond motifs is 2. The number of aryl methyl sites for hydroxylation is 1. The second-order valence-corrected chi connectivity index (χ2v) is 9.28. The molecule has 2 aromatic heterocycles. The summed E-state index contributed by atoms with van der Waals surface area (Å²) in [6.45, 7) is 4.75. The van der Waals surface area contributed by atoms with Gasteiger partial charge < -0.3 is 15.0 Å². The van der Waals surface area contributed by atoms with E-state index in [1.807, 2.05) is 41.8 Å². The number of carbonyl (C=O) groups excluding carboxylic acids is 1. The van der Waals surface area contributed by atoms with Crippen LogP contribution in [0.1, 0.15) is 51.6 Å². The Balaban J connectivity index is 1.05. The van der Waals surface area contributed by atoms with Crippen molar-refractivity contribution in [1.29, 1.82) is 0 Å². The Hall–Kier alpha value is -3.80. The fourth-order valence-corrected chi connectivity index (χ4v) is 4.72. The number of pyridine rings is 1. The maximum atomic E-state index is 13.0. The second kappa shape index (κ2) is 8.52. The molecule has 6 heteroatoms. The summed E-state index contributed by atoms with van der Waals surface area (Å²) in [5, 5.41) is 3.02. The van der Waals surface area contributed by atoms with E-state index in [9.17, 15) is 4.79 Å². The van der Waals surface area contributed by atoms with E-state index < -0.39 is 0 Å². The van der Waals surface area contributed by atoms with E-state index in [1.165, 1.54) is 16.8 Å².